The van der Waals surface area contributed by atoms with E-state index in [1.165, 1.54) is 39.9 Å². The number of fused-ring (bicyclic) bond motifs is 1. The first-order valence-corrected chi connectivity index (χ1v) is 17.1. The van der Waals surface area contributed by atoms with Gasteiger partial charge in [0.15, 0.2) is 22.1 Å². The Morgan fingerprint density at radius 1 is 1.02 bits per heavy atom. The maximum Gasteiger partial charge on any atom is 0.289 e. The van der Waals surface area contributed by atoms with Crippen LogP contribution in [0.3, 0.4) is 0 Å². The number of benzene rings is 3. The average molecular weight is 726 g/mol. The molecule has 0 saturated carbocycles. The summed E-state index contributed by atoms with van der Waals surface area (Å²) in [5.41, 5.74) is -1.42. The summed E-state index contributed by atoms with van der Waals surface area (Å²) in [6.45, 7) is -0.576. The van der Waals surface area contributed by atoms with Gasteiger partial charge in [-0.05, 0) is 29.7 Å². The highest BCUT2D eigenvalue weighted by Gasteiger charge is 2.35. The van der Waals surface area contributed by atoms with Gasteiger partial charge in [-0.15, -0.1) is 0 Å². The fraction of sp³-hybridized carbons (Fsp3) is 0.265. The van der Waals surface area contributed by atoms with Crippen molar-refractivity contribution < 1.29 is 41.2 Å². The van der Waals surface area contributed by atoms with Crippen LogP contribution in [-0.2, 0) is 27.8 Å². The number of ketones is 1. The lowest BCUT2D eigenvalue weighted by Gasteiger charge is -2.40. The minimum Gasteiger partial charge on any atom is -0.482 e. The second-order valence-corrected chi connectivity index (χ2v) is 13.1. The molecule has 1 aliphatic rings. The van der Waals surface area contributed by atoms with Gasteiger partial charge in [-0.25, -0.2) is 21.9 Å². The van der Waals surface area contributed by atoms with Crippen LogP contribution in [0.25, 0.3) is 0 Å². The molecule has 51 heavy (non-hydrogen) atoms. The molecule has 0 bridgehead atoms. The molecule has 1 aliphatic heterocycles. The van der Waals surface area contributed by atoms with Crippen molar-refractivity contribution in [1.82, 2.24) is 14.3 Å². The number of carbonyl (C=O) groups excluding carboxylic acids is 2. The quantitative estimate of drug-likeness (QED) is 0.103. The maximum absolute atomic E-state index is 14.3. The van der Waals surface area contributed by atoms with Crippen molar-refractivity contribution >= 4 is 27.4 Å². The molecule has 14 nitrogen and oxygen atoms in total. The third kappa shape index (κ3) is 8.45. The highest BCUT2D eigenvalue weighted by atomic mass is 32.2. The molecule has 0 aliphatic carbocycles. The standard InChI is InChI=1S/C34H33F2N5O9S/c1-49-18-17-38-22-39(16-15-37-51(47,48)30-10-6-5-9-28(30)41(45)46)40-20-26(29(42)14-12-24-11-13-25(35)19-27(24)36)32(43)33(31(40)34(38)44)50-21-23-7-3-2-4-8-23/h2-11,13,19-20,37H,12,14-18,21-22H2,1H3. The van der Waals surface area contributed by atoms with E-state index < -0.39 is 60.0 Å². The number of pyridine rings is 1. The second-order valence-electron chi connectivity index (χ2n) is 11.4. The Labute approximate surface area is 291 Å². The van der Waals surface area contributed by atoms with Gasteiger partial charge in [-0.1, -0.05) is 48.5 Å². The number of sulfonamides is 1. The smallest absolute Gasteiger partial charge is 0.289 e. The van der Waals surface area contributed by atoms with E-state index in [4.69, 9.17) is 9.47 Å². The first-order valence-electron chi connectivity index (χ1n) is 15.6. The molecule has 5 rings (SSSR count). The summed E-state index contributed by atoms with van der Waals surface area (Å²) in [5, 5.41) is 13.0. The number of methoxy groups -OCH3 is 1. The molecule has 1 N–H and O–H groups in total. The Balaban J connectivity index is 1.52. The first-order chi connectivity index (χ1) is 24.4. The molecular formula is C34H33F2N5O9S. The summed E-state index contributed by atoms with van der Waals surface area (Å²) in [7, 11) is -2.94. The van der Waals surface area contributed by atoms with Crippen LogP contribution < -0.4 is 19.9 Å². The Bertz CT molecular complexity index is 2110. The van der Waals surface area contributed by atoms with Crippen molar-refractivity contribution in [2.45, 2.75) is 24.3 Å². The van der Waals surface area contributed by atoms with Crippen LogP contribution >= 0.6 is 0 Å². The Hall–Kier alpha value is -5.52. The monoisotopic (exact) mass is 725 g/mol. The molecule has 1 amide bonds. The highest BCUT2D eigenvalue weighted by molar-refractivity contribution is 7.89. The van der Waals surface area contributed by atoms with Gasteiger partial charge in [0.25, 0.3) is 11.6 Å². The lowest BCUT2D eigenvalue weighted by atomic mass is 10.0. The van der Waals surface area contributed by atoms with Crippen molar-refractivity contribution in [2.24, 2.45) is 0 Å². The molecule has 3 aromatic carbocycles. The summed E-state index contributed by atoms with van der Waals surface area (Å²) in [6, 6.07) is 16.5. The summed E-state index contributed by atoms with van der Waals surface area (Å²) < 4.78 is 68.7. The number of Topliss-reactive ketones (excluding diaryl/α,β-unsaturated/α-hetero) is 1. The van der Waals surface area contributed by atoms with Crippen LogP contribution in [0, 0.1) is 21.7 Å². The van der Waals surface area contributed by atoms with E-state index in [9.17, 15) is 41.7 Å². The number of nitro groups is 1. The number of aryl methyl sites for hydroxylation is 1. The fourth-order valence-corrected chi connectivity index (χ4v) is 6.61. The number of nitrogens with zero attached hydrogens (tertiary/aromatic N) is 4. The molecule has 0 atom stereocenters. The first kappa shape index (κ1) is 36.8. The van der Waals surface area contributed by atoms with Crippen molar-refractivity contribution in [3.05, 3.63) is 133 Å². The number of para-hydroxylation sites is 1. The van der Waals surface area contributed by atoms with E-state index >= 15 is 0 Å². The number of hydrogen-bond acceptors (Lipinski definition) is 10. The molecule has 0 fully saturated rings. The van der Waals surface area contributed by atoms with Crippen molar-refractivity contribution in [1.29, 1.82) is 0 Å². The lowest BCUT2D eigenvalue weighted by molar-refractivity contribution is -0.387. The minimum absolute atomic E-state index is 0.0555. The number of nitrogens with one attached hydrogen (secondary N) is 1. The molecule has 268 valence electrons. The summed E-state index contributed by atoms with van der Waals surface area (Å²) >= 11 is 0. The predicted molar refractivity (Wildman–Crippen MR) is 180 cm³/mol. The Morgan fingerprint density at radius 2 is 1.75 bits per heavy atom. The number of nitro benzene ring substituents is 1. The summed E-state index contributed by atoms with van der Waals surface area (Å²) in [4.78, 5) is 52.9. The molecule has 2 heterocycles. The van der Waals surface area contributed by atoms with E-state index in [-0.39, 0.29) is 69.2 Å². The van der Waals surface area contributed by atoms with Gasteiger partial charge >= 0.3 is 0 Å². The number of halogens is 2. The van der Waals surface area contributed by atoms with Gasteiger partial charge in [0.1, 0.15) is 24.9 Å². The van der Waals surface area contributed by atoms with Crippen LogP contribution in [0.2, 0.25) is 0 Å². The van der Waals surface area contributed by atoms with Gasteiger partial charge in [0, 0.05) is 44.9 Å². The van der Waals surface area contributed by atoms with Crippen LogP contribution in [-0.4, -0.2) is 74.6 Å². The minimum atomic E-state index is -4.38. The third-order valence-corrected chi connectivity index (χ3v) is 9.53. The van der Waals surface area contributed by atoms with Crippen LogP contribution in [0.15, 0.2) is 88.7 Å². The molecule has 0 spiro atoms. The number of amides is 1. The molecular weight excluding hydrogens is 692 g/mol. The SMILES string of the molecule is COCCN1CN(CCNS(=O)(=O)c2ccccc2[N+](=O)[O-])n2cc(C(=O)CCc3ccc(F)cc3F)c(=O)c(OCc3ccccc3)c2C1=O. The zero-order chi connectivity index (χ0) is 36.7. The molecule has 0 radical (unpaired) electrons. The average Bonchev–Trinajstić information content (AvgIpc) is 3.11. The predicted octanol–water partition coefficient (Wildman–Crippen LogP) is 3.41. The Kier molecular flexibility index (Phi) is 11.5. The Morgan fingerprint density at radius 3 is 2.45 bits per heavy atom. The fourth-order valence-electron chi connectivity index (χ4n) is 5.42. The van der Waals surface area contributed by atoms with E-state index in [0.717, 1.165) is 24.4 Å². The summed E-state index contributed by atoms with van der Waals surface area (Å²) in [5.74, 6) is -3.42. The van der Waals surface area contributed by atoms with E-state index in [1.54, 1.807) is 30.3 Å². The van der Waals surface area contributed by atoms with Gasteiger partial charge < -0.3 is 14.4 Å². The second kappa shape index (κ2) is 16.0. The van der Waals surface area contributed by atoms with Gasteiger partial charge in [0.05, 0.1) is 23.6 Å². The van der Waals surface area contributed by atoms with E-state index in [2.05, 4.69) is 4.72 Å². The maximum atomic E-state index is 14.3. The van der Waals surface area contributed by atoms with Crippen LogP contribution in [0.1, 0.15) is 38.4 Å². The zero-order valence-corrected chi connectivity index (χ0v) is 28.1. The summed E-state index contributed by atoms with van der Waals surface area (Å²) in [6.07, 6.45) is 0.643. The molecule has 17 heteroatoms. The van der Waals surface area contributed by atoms with Gasteiger partial charge in [-0.3, -0.25) is 34.2 Å². The largest absolute Gasteiger partial charge is 0.482 e. The number of hydrogen-bond donors (Lipinski definition) is 1. The van der Waals surface area contributed by atoms with Crippen LogP contribution in [0.4, 0.5) is 14.5 Å². The molecule has 0 saturated heterocycles. The number of ether oxygens (including phenoxy) is 2. The van der Waals surface area contributed by atoms with Crippen molar-refractivity contribution in [3.63, 3.8) is 0 Å². The van der Waals surface area contributed by atoms with Crippen LogP contribution in [0.5, 0.6) is 5.75 Å². The molecule has 1 aromatic heterocycles. The third-order valence-electron chi connectivity index (χ3n) is 8.02. The van der Waals surface area contributed by atoms with E-state index in [0.29, 0.717) is 11.6 Å². The van der Waals surface area contributed by atoms with Crippen molar-refractivity contribution in [3.8, 4) is 5.75 Å². The molecule has 4 aromatic rings. The number of rotatable bonds is 16. The highest BCUT2D eigenvalue weighted by Crippen LogP contribution is 2.25. The topological polar surface area (TPSA) is 170 Å². The van der Waals surface area contributed by atoms with Gasteiger partial charge in [0.2, 0.25) is 15.5 Å². The lowest BCUT2D eigenvalue weighted by Crippen LogP contribution is -2.56. The number of aromatic nitrogens is 1. The molecule has 0 unspecified atom stereocenters. The van der Waals surface area contributed by atoms with Crippen molar-refractivity contribution in [2.75, 3.05) is 45.0 Å². The zero-order valence-electron chi connectivity index (χ0n) is 27.3. The van der Waals surface area contributed by atoms with Gasteiger partial charge in [-0.2, -0.15) is 0 Å². The van der Waals surface area contributed by atoms with E-state index in [1.807, 2.05) is 0 Å². The number of carbonyl (C=O) groups is 2. The normalized spacial score (nSPS) is 12.9.